The lowest BCUT2D eigenvalue weighted by atomic mass is 10.0. The second-order valence-electron chi connectivity index (χ2n) is 6.42. The molecule has 0 saturated heterocycles. The van der Waals surface area contributed by atoms with Crippen LogP contribution in [0.5, 0.6) is 0 Å². The number of nitrogens with zero attached hydrogens (tertiary/aromatic N) is 1. The van der Waals surface area contributed by atoms with Gasteiger partial charge in [-0.3, -0.25) is 9.78 Å². The number of fused-ring (bicyclic) bond motifs is 1. The number of carbonyl (C=O) groups is 1. The second kappa shape index (κ2) is 7.47. The van der Waals surface area contributed by atoms with Crippen molar-refractivity contribution in [2.45, 2.75) is 12.2 Å². The van der Waals surface area contributed by atoms with E-state index in [-0.39, 0.29) is 12.6 Å². The third-order valence-corrected chi connectivity index (χ3v) is 4.57. The molecule has 2 heterocycles. The SMILES string of the molecule is O=CC1Nc2ccc(-c3cncc(N[C@@H](CO)c4ccccc4)c3)cc2N1. The zero-order valence-electron chi connectivity index (χ0n) is 14.6. The Morgan fingerprint density at radius 3 is 2.63 bits per heavy atom. The van der Waals surface area contributed by atoms with Crippen LogP contribution in [0.1, 0.15) is 11.6 Å². The van der Waals surface area contributed by atoms with Crippen LogP contribution >= 0.6 is 0 Å². The lowest BCUT2D eigenvalue weighted by Crippen LogP contribution is -2.22. The van der Waals surface area contributed by atoms with E-state index in [4.69, 9.17) is 0 Å². The van der Waals surface area contributed by atoms with Crippen LogP contribution in [0, 0.1) is 0 Å². The third-order valence-electron chi connectivity index (χ3n) is 4.57. The van der Waals surface area contributed by atoms with Gasteiger partial charge in [-0.25, -0.2) is 0 Å². The molecule has 0 aliphatic carbocycles. The predicted octanol–water partition coefficient (Wildman–Crippen LogP) is 3.26. The van der Waals surface area contributed by atoms with E-state index in [1.807, 2.05) is 54.6 Å². The lowest BCUT2D eigenvalue weighted by Gasteiger charge is -2.18. The van der Waals surface area contributed by atoms with Crippen molar-refractivity contribution in [2.75, 3.05) is 22.6 Å². The van der Waals surface area contributed by atoms with Crippen LogP contribution in [0.25, 0.3) is 11.1 Å². The smallest absolute Gasteiger partial charge is 0.162 e. The summed E-state index contributed by atoms with van der Waals surface area (Å²) in [5.74, 6) is 0. The van der Waals surface area contributed by atoms with Gasteiger partial charge in [0.25, 0.3) is 0 Å². The Morgan fingerprint density at radius 2 is 1.85 bits per heavy atom. The van der Waals surface area contributed by atoms with Crippen LogP contribution in [-0.2, 0) is 4.79 Å². The molecule has 4 rings (SSSR count). The van der Waals surface area contributed by atoms with Gasteiger partial charge in [-0.2, -0.15) is 0 Å². The Labute approximate surface area is 157 Å². The summed E-state index contributed by atoms with van der Waals surface area (Å²) in [6.07, 6.45) is 3.98. The number of rotatable bonds is 6. The van der Waals surface area contributed by atoms with Gasteiger partial charge in [0.1, 0.15) is 0 Å². The highest BCUT2D eigenvalue weighted by Crippen LogP contribution is 2.33. The second-order valence-corrected chi connectivity index (χ2v) is 6.42. The molecule has 3 aromatic rings. The van der Waals surface area contributed by atoms with Crippen LogP contribution < -0.4 is 16.0 Å². The minimum atomic E-state index is -0.391. The lowest BCUT2D eigenvalue weighted by molar-refractivity contribution is -0.107. The number of aldehydes is 1. The van der Waals surface area contributed by atoms with Crippen LogP contribution in [0.4, 0.5) is 17.1 Å². The Morgan fingerprint density at radius 1 is 1.04 bits per heavy atom. The van der Waals surface area contributed by atoms with E-state index in [9.17, 15) is 9.90 Å². The van der Waals surface area contributed by atoms with E-state index in [0.29, 0.717) is 0 Å². The van der Waals surface area contributed by atoms with Crippen LogP contribution in [-0.4, -0.2) is 29.1 Å². The average molecular weight is 360 g/mol. The molecule has 27 heavy (non-hydrogen) atoms. The number of nitrogens with one attached hydrogen (secondary N) is 3. The molecule has 1 aromatic heterocycles. The Balaban J connectivity index is 1.57. The van der Waals surface area contributed by atoms with Gasteiger partial charge in [0.2, 0.25) is 0 Å². The highest BCUT2D eigenvalue weighted by Gasteiger charge is 2.19. The van der Waals surface area contributed by atoms with Gasteiger partial charge in [-0.15, -0.1) is 0 Å². The minimum Gasteiger partial charge on any atom is -0.394 e. The van der Waals surface area contributed by atoms with E-state index in [1.54, 1.807) is 12.4 Å². The number of pyridine rings is 1. The molecule has 2 atom stereocenters. The molecule has 4 N–H and O–H groups in total. The number of aliphatic hydroxyl groups is 1. The fourth-order valence-electron chi connectivity index (χ4n) is 3.21. The summed E-state index contributed by atoms with van der Waals surface area (Å²) in [7, 11) is 0. The summed E-state index contributed by atoms with van der Waals surface area (Å²) in [4.78, 5) is 15.3. The van der Waals surface area contributed by atoms with Gasteiger partial charge in [-0.05, 0) is 29.3 Å². The fraction of sp³-hybridized carbons (Fsp3) is 0.143. The first kappa shape index (κ1) is 17.1. The van der Waals surface area contributed by atoms with Crippen molar-refractivity contribution in [3.05, 3.63) is 72.6 Å². The van der Waals surface area contributed by atoms with Crippen molar-refractivity contribution in [3.8, 4) is 11.1 Å². The molecule has 0 amide bonds. The molecule has 2 aromatic carbocycles. The standard InChI is InChI=1S/C21H20N4O2/c26-12-20(14-4-2-1-3-5-14)23-17-8-16(10-22-11-17)15-6-7-18-19(9-15)25-21(13-27)24-18/h1-11,13,20-21,23-26H,12H2/t20-,21?/m0/s1. The van der Waals surface area contributed by atoms with Crippen molar-refractivity contribution in [1.82, 2.24) is 4.98 Å². The molecule has 0 fully saturated rings. The minimum absolute atomic E-state index is 0.0181. The van der Waals surface area contributed by atoms with E-state index in [0.717, 1.165) is 40.0 Å². The molecule has 1 aliphatic rings. The quantitative estimate of drug-likeness (QED) is 0.505. The molecule has 0 bridgehead atoms. The summed E-state index contributed by atoms with van der Waals surface area (Å²) in [6.45, 7) is -0.0181. The molecule has 0 spiro atoms. The number of carbonyl (C=O) groups excluding carboxylic acids is 1. The molecule has 0 saturated carbocycles. The Hall–Kier alpha value is -3.38. The zero-order chi connectivity index (χ0) is 18.6. The Bertz CT molecular complexity index is 946. The van der Waals surface area contributed by atoms with Gasteiger partial charge >= 0.3 is 0 Å². The molecule has 1 unspecified atom stereocenters. The van der Waals surface area contributed by atoms with Crippen LogP contribution in [0.3, 0.4) is 0 Å². The van der Waals surface area contributed by atoms with Crippen LogP contribution in [0.2, 0.25) is 0 Å². The first-order chi connectivity index (χ1) is 13.3. The van der Waals surface area contributed by atoms with Crippen molar-refractivity contribution in [1.29, 1.82) is 0 Å². The summed E-state index contributed by atoms with van der Waals surface area (Å²) in [5, 5.41) is 19.3. The summed E-state index contributed by atoms with van der Waals surface area (Å²) >= 11 is 0. The van der Waals surface area contributed by atoms with E-state index < -0.39 is 6.17 Å². The molecular weight excluding hydrogens is 340 g/mol. The van der Waals surface area contributed by atoms with Gasteiger partial charge in [0, 0.05) is 18.0 Å². The number of anilines is 3. The van der Waals surface area contributed by atoms with Crippen molar-refractivity contribution in [3.63, 3.8) is 0 Å². The molecule has 1 aliphatic heterocycles. The largest absolute Gasteiger partial charge is 0.394 e. The van der Waals surface area contributed by atoms with Gasteiger partial charge in [-0.1, -0.05) is 36.4 Å². The number of aromatic nitrogens is 1. The van der Waals surface area contributed by atoms with E-state index >= 15 is 0 Å². The maximum atomic E-state index is 11.0. The first-order valence-corrected chi connectivity index (χ1v) is 8.77. The summed E-state index contributed by atoms with van der Waals surface area (Å²) in [6, 6.07) is 17.5. The first-order valence-electron chi connectivity index (χ1n) is 8.77. The molecule has 6 nitrogen and oxygen atoms in total. The zero-order valence-corrected chi connectivity index (χ0v) is 14.6. The maximum Gasteiger partial charge on any atom is 0.162 e. The van der Waals surface area contributed by atoms with Gasteiger partial charge < -0.3 is 21.1 Å². The van der Waals surface area contributed by atoms with E-state index in [2.05, 4.69) is 20.9 Å². The summed E-state index contributed by atoms with van der Waals surface area (Å²) in [5.41, 5.74) is 5.57. The molecular formula is C21H20N4O2. The highest BCUT2D eigenvalue weighted by molar-refractivity contribution is 5.86. The normalized spacial score (nSPS) is 16.0. The van der Waals surface area contributed by atoms with Crippen LogP contribution in [0.15, 0.2) is 67.0 Å². The van der Waals surface area contributed by atoms with Crippen molar-refractivity contribution >= 4 is 23.3 Å². The maximum absolute atomic E-state index is 11.0. The summed E-state index contributed by atoms with van der Waals surface area (Å²) < 4.78 is 0. The molecule has 0 radical (unpaired) electrons. The third kappa shape index (κ3) is 3.61. The number of hydrogen-bond acceptors (Lipinski definition) is 6. The highest BCUT2D eigenvalue weighted by atomic mass is 16.3. The van der Waals surface area contributed by atoms with Crippen molar-refractivity contribution < 1.29 is 9.90 Å². The Kier molecular flexibility index (Phi) is 4.72. The van der Waals surface area contributed by atoms with Gasteiger partial charge in [0.05, 0.1) is 29.7 Å². The number of benzene rings is 2. The van der Waals surface area contributed by atoms with E-state index in [1.165, 1.54) is 0 Å². The average Bonchev–Trinajstić information content (AvgIpc) is 3.15. The predicted molar refractivity (Wildman–Crippen MR) is 107 cm³/mol. The van der Waals surface area contributed by atoms with Crippen molar-refractivity contribution in [2.24, 2.45) is 0 Å². The number of hydrogen-bond donors (Lipinski definition) is 4. The monoisotopic (exact) mass is 360 g/mol. The molecule has 6 heteroatoms. The van der Waals surface area contributed by atoms with Gasteiger partial charge in [0.15, 0.2) is 12.5 Å². The fourth-order valence-corrected chi connectivity index (χ4v) is 3.21. The molecule has 136 valence electrons. The topological polar surface area (TPSA) is 86.3 Å². The number of aliphatic hydroxyl groups excluding tert-OH is 1.